The maximum absolute atomic E-state index is 4.43. The van der Waals surface area contributed by atoms with Gasteiger partial charge in [0.2, 0.25) is 0 Å². The predicted molar refractivity (Wildman–Crippen MR) is 77.1 cm³/mol. The Hall–Kier alpha value is -1.46. The molecule has 2 heterocycles. The van der Waals surface area contributed by atoms with Gasteiger partial charge in [-0.1, -0.05) is 13.0 Å². The second kappa shape index (κ2) is 7.21. The van der Waals surface area contributed by atoms with Crippen molar-refractivity contribution in [2.75, 3.05) is 6.54 Å². The summed E-state index contributed by atoms with van der Waals surface area (Å²) in [7, 11) is 0. The number of hydrogen-bond acceptors (Lipinski definition) is 5. The lowest BCUT2D eigenvalue weighted by atomic mass is 10.3. The van der Waals surface area contributed by atoms with Crippen molar-refractivity contribution in [3.8, 4) is 0 Å². The van der Waals surface area contributed by atoms with Crippen molar-refractivity contribution in [1.29, 1.82) is 0 Å². The minimum absolute atomic E-state index is 0.746. The van der Waals surface area contributed by atoms with Crippen molar-refractivity contribution in [1.82, 2.24) is 20.3 Å². The number of aromatic nitrogens is 3. The zero-order valence-electron chi connectivity index (χ0n) is 11.3. The first-order valence-electron chi connectivity index (χ1n) is 6.41. The van der Waals surface area contributed by atoms with Gasteiger partial charge < -0.3 is 5.32 Å². The number of rotatable bonds is 6. The fourth-order valence-electron chi connectivity index (χ4n) is 1.61. The van der Waals surface area contributed by atoms with Crippen LogP contribution in [0.15, 0.2) is 40.8 Å². The molecular formula is C14H18N4S. The lowest BCUT2D eigenvalue weighted by Crippen LogP contribution is -2.14. The molecule has 19 heavy (non-hydrogen) atoms. The molecule has 0 aliphatic carbocycles. The Kier molecular flexibility index (Phi) is 5.30. The van der Waals surface area contributed by atoms with E-state index < -0.39 is 0 Å². The normalized spacial score (nSPS) is 10.6. The Morgan fingerprint density at radius 1 is 1.21 bits per heavy atom. The van der Waals surface area contributed by atoms with Crippen molar-refractivity contribution in [3.05, 3.63) is 41.9 Å². The van der Waals surface area contributed by atoms with Crippen LogP contribution >= 0.6 is 11.8 Å². The number of aryl methyl sites for hydroxylation is 1. The van der Waals surface area contributed by atoms with E-state index in [2.05, 4.69) is 33.3 Å². The van der Waals surface area contributed by atoms with E-state index in [1.54, 1.807) is 12.4 Å². The van der Waals surface area contributed by atoms with E-state index in [4.69, 9.17) is 0 Å². The molecule has 0 amide bonds. The van der Waals surface area contributed by atoms with Crippen LogP contribution in [-0.4, -0.2) is 21.5 Å². The van der Waals surface area contributed by atoms with Crippen LogP contribution in [0.4, 0.5) is 0 Å². The Bertz CT molecular complexity index is 530. The third kappa shape index (κ3) is 4.29. The highest BCUT2D eigenvalue weighted by molar-refractivity contribution is 7.99. The lowest BCUT2D eigenvalue weighted by molar-refractivity contribution is 0.665. The van der Waals surface area contributed by atoms with Gasteiger partial charge in [0.15, 0.2) is 5.16 Å². The summed E-state index contributed by atoms with van der Waals surface area (Å²) in [5, 5.41) is 5.11. The molecule has 100 valence electrons. The summed E-state index contributed by atoms with van der Waals surface area (Å²) in [6.45, 7) is 5.97. The molecule has 1 N–H and O–H groups in total. The van der Waals surface area contributed by atoms with Crippen LogP contribution in [0.3, 0.4) is 0 Å². The van der Waals surface area contributed by atoms with E-state index in [1.165, 1.54) is 17.3 Å². The van der Waals surface area contributed by atoms with Crippen LogP contribution in [0.5, 0.6) is 0 Å². The van der Waals surface area contributed by atoms with Gasteiger partial charge in [0, 0.05) is 24.6 Å². The molecule has 2 rings (SSSR count). The van der Waals surface area contributed by atoms with Gasteiger partial charge in [0.05, 0.1) is 0 Å². The largest absolute Gasteiger partial charge is 0.313 e. The van der Waals surface area contributed by atoms with Crippen molar-refractivity contribution in [2.24, 2.45) is 0 Å². The smallest absolute Gasteiger partial charge is 0.194 e. The number of nitrogens with zero attached hydrogens (tertiary/aromatic N) is 3. The summed E-state index contributed by atoms with van der Waals surface area (Å²) in [6, 6.07) is 5.95. The molecule has 0 atom stereocenters. The Balaban J connectivity index is 2.11. The summed E-state index contributed by atoms with van der Waals surface area (Å²) in [5.41, 5.74) is 2.16. The maximum atomic E-state index is 4.43. The molecule has 0 saturated carbocycles. The van der Waals surface area contributed by atoms with E-state index in [0.717, 1.165) is 35.4 Å². The quantitative estimate of drug-likeness (QED) is 0.648. The second-order valence-corrected chi connectivity index (χ2v) is 5.18. The van der Waals surface area contributed by atoms with E-state index >= 15 is 0 Å². The Morgan fingerprint density at radius 2 is 2.11 bits per heavy atom. The molecule has 5 heteroatoms. The van der Waals surface area contributed by atoms with E-state index in [-0.39, 0.29) is 0 Å². The minimum atomic E-state index is 0.746. The third-order valence-electron chi connectivity index (χ3n) is 2.55. The van der Waals surface area contributed by atoms with Gasteiger partial charge in [-0.15, -0.1) is 0 Å². The highest BCUT2D eigenvalue weighted by Crippen LogP contribution is 2.25. The number of nitrogens with one attached hydrogen (secondary N) is 1. The molecule has 0 radical (unpaired) electrons. The molecule has 0 aliphatic heterocycles. The van der Waals surface area contributed by atoms with Crippen LogP contribution in [0.2, 0.25) is 0 Å². The average Bonchev–Trinajstić information content (AvgIpc) is 2.41. The Labute approximate surface area is 118 Å². The standard InChI is InChI=1S/C14H18N4S/c1-3-7-15-10-12-5-4-8-16-13(12)19-14-17-9-6-11(2)18-14/h4-6,8-9,15H,3,7,10H2,1-2H3. The van der Waals surface area contributed by atoms with Crippen LogP contribution in [0.25, 0.3) is 0 Å². The predicted octanol–water partition coefficient (Wildman–Crippen LogP) is 2.83. The van der Waals surface area contributed by atoms with Crippen molar-refractivity contribution >= 4 is 11.8 Å². The first kappa shape index (κ1) is 14.0. The summed E-state index contributed by atoms with van der Waals surface area (Å²) in [6.07, 6.45) is 4.72. The van der Waals surface area contributed by atoms with E-state index in [0.29, 0.717) is 0 Å². The monoisotopic (exact) mass is 274 g/mol. The van der Waals surface area contributed by atoms with Crippen LogP contribution in [0.1, 0.15) is 24.6 Å². The SMILES string of the molecule is CCCNCc1cccnc1Sc1nccc(C)n1. The van der Waals surface area contributed by atoms with Gasteiger partial charge in [-0.3, -0.25) is 0 Å². The molecule has 4 nitrogen and oxygen atoms in total. The molecule has 2 aromatic rings. The lowest BCUT2D eigenvalue weighted by Gasteiger charge is -2.08. The van der Waals surface area contributed by atoms with Crippen molar-refractivity contribution < 1.29 is 0 Å². The van der Waals surface area contributed by atoms with Gasteiger partial charge in [0.25, 0.3) is 0 Å². The Morgan fingerprint density at radius 3 is 2.89 bits per heavy atom. The van der Waals surface area contributed by atoms with Gasteiger partial charge >= 0.3 is 0 Å². The fourth-order valence-corrected chi connectivity index (χ4v) is 2.47. The average molecular weight is 274 g/mol. The summed E-state index contributed by atoms with van der Waals surface area (Å²) in [4.78, 5) is 13.1. The highest BCUT2D eigenvalue weighted by atomic mass is 32.2. The molecule has 0 fully saturated rings. The first-order valence-corrected chi connectivity index (χ1v) is 7.23. The highest BCUT2D eigenvalue weighted by Gasteiger charge is 2.07. The molecule has 0 spiro atoms. The molecule has 0 bridgehead atoms. The van der Waals surface area contributed by atoms with Gasteiger partial charge in [-0.25, -0.2) is 15.0 Å². The third-order valence-corrected chi connectivity index (χ3v) is 3.49. The maximum Gasteiger partial charge on any atom is 0.194 e. The molecule has 0 aromatic carbocycles. The van der Waals surface area contributed by atoms with E-state index in [9.17, 15) is 0 Å². The number of hydrogen-bond donors (Lipinski definition) is 1. The second-order valence-electron chi connectivity index (χ2n) is 4.23. The zero-order valence-corrected chi connectivity index (χ0v) is 12.1. The van der Waals surface area contributed by atoms with E-state index in [1.807, 2.05) is 19.1 Å². The zero-order chi connectivity index (χ0) is 13.5. The van der Waals surface area contributed by atoms with Crippen LogP contribution in [0, 0.1) is 6.92 Å². The topological polar surface area (TPSA) is 50.7 Å². The van der Waals surface area contributed by atoms with Crippen molar-refractivity contribution in [2.45, 2.75) is 37.0 Å². The summed E-state index contributed by atoms with van der Waals surface area (Å²) >= 11 is 1.51. The van der Waals surface area contributed by atoms with Crippen LogP contribution < -0.4 is 5.32 Å². The molecule has 0 unspecified atom stereocenters. The van der Waals surface area contributed by atoms with Gasteiger partial charge in [-0.05, 0) is 49.3 Å². The fraction of sp³-hybridized carbons (Fsp3) is 0.357. The first-order chi connectivity index (χ1) is 9.29. The summed E-state index contributed by atoms with van der Waals surface area (Å²) < 4.78 is 0. The van der Waals surface area contributed by atoms with Crippen molar-refractivity contribution in [3.63, 3.8) is 0 Å². The van der Waals surface area contributed by atoms with Crippen LogP contribution in [-0.2, 0) is 6.54 Å². The summed E-state index contributed by atoms with van der Waals surface area (Å²) in [5.74, 6) is 0. The molecular weight excluding hydrogens is 256 g/mol. The molecule has 0 saturated heterocycles. The minimum Gasteiger partial charge on any atom is -0.313 e. The number of pyridine rings is 1. The van der Waals surface area contributed by atoms with Gasteiger partial charge in [0.1, 0.15) is 5.03 Å². The molecule has 2 aromatic heterocycles. The van der Waals surface area contributed by atoms with Gasteiger partial charge in [-0.2, -0.15) is 0 Å². The molecule has 0 aliphatic rings.